The molecule has 0 aromatic heterocycles. The van der Waals surface area contributed by atoms with E-state index in [-0.39, 0.29) is 0 Å². The molecule has 0 aliphatic rings. The molecular formula is C16H18BrNO2S. The maximum absolute atomic E-state index is 12.3. The third-order valence-electron chi connectivity index (χ3n) is 3.23. The van der Waals surface area contributed by atoms with E-state index in [4.69, 9.17) is 0 Å². The van der Waals surface area contributed by atoms with Crippen molar-refractivity contribution in [2.24, 2.45) is 0 Å². The van der Waals surface area contributed by atoms with Gasteiger partial charge in [-0.15, -0.1) is 0 Å². The van der Waals surface area contributed by atoms with Crippen molar-refractivity contribution in [2.75, 3.05) is 6.54 Å². The van der Waals surface area contributed by atoms with Gasteiger partial charge in [0.15, 0.2) is 0 Å². The van der Waals surface area contributed by atoms with Gasteiger partial charge in [0.05, 0.1) is 4.90 Å². The van der Waals surface area contributed by atoms with E-state index in [1.165, 1.54) is 5.56 Å². The fourth-order valence-electron chi connectivity index (χ4n) is 2.14. The fourth-order valence-corrected chi connectivity index (χ4v) is 3.95. The largest absolute Gasteiger partial charge is 0.240 e. The summed E-state index contributed by atoms with van der Waals surface area (Å²) < 4.78 is 28.1. The molecule has 2 aromatic rings. The molecule has 0 saturated heterocycles. The summed E-state index contributed by atoms with van der Waals surface area (Å²) in [5.74, 6) is 0. The summed E-state index contributed by atoms with van der Waals surface area (Å²) in [7, 11) is -3.47. The van der Waals surface area contributed by atoms with Crippen LogP contribution in [0.15, 0.2) is 51.8 Å². The second-order valence-electron chi connectivity index (χ2n) is 5.05. The zero-order valence-electron chi connectivity index (χ0n) is 12.1. The molecule has 0 aliphatic heterocycles. The highest BCUT2D eigenvalue weighted by Crippen LogP contribution is 2.20. The van der Waals surface area contributed by atoms with Crippen molar-refractivity contribution < 1.29 is 8.42 Å². The second-order valence-corrected chi connectivity index (χ2v) is 7.70. The van der Waals surface area contributed by atoms with Crippen molar-refractivity contribution in [1.82, 2.24) is 4.72 Å². The molecule has 21 heavy (non-hydrogen) atoms. The maximum atomic E-state index is 12.3. The highest BCUT2D eigenvalue weighted by atomic mass is 79.9. The number of hydrogen-bond donors (Lipinski definition) is 1. The maximum Gasteiger partial charge on any atom is 0.240 e. The number of nitrogens with one attached hydrogen (secondary N) is 1. The topological polar surface area (TPSA) is 46.2 Å². The zero-order valence-corrected chi connectivity index (χ0v) is 14.5. The van der Waals surface area contributed by atoms with Gasteiger partial charge in [-0.05, 0) is 43.5 Å². The molecule has 1 N–H and O–H groups in total. The standard InChI is InChI=1S/C16H18BrNO2S/c1-12-4-3-5-14(10-12)8-9-18-21(19,20)16-11-15(17)7-6-13(16)2/h3-7,10-11,18H,8-9H2,1-2H3. The summed E-state index contributed by atoms with van der Waals surface area (Å²) in [6, 6.07) is 13.3. The van der Waals surface area contributed by atoms with Crippen molar-refractivity contribution >= 4 is 26.0 Å². The number of benzene rings is 2. The molecule has 112 valence electrons. The molecule has 0 bridgehead atoms. The summed E-state index contributed by atoms with van der Waals surface area (Å²) in [5, 5.41) is 0. The summed E-state index contributed by atoms with van der Waals surface area (Å²) in [5.41, 5.74) is 3.04. The number of hydrogen-bond acceptors (Lipinski definition) is 2. The van der Waals surface area contributed by atoms with Crippen LogP contribution >= 0.6 is 15.9 Å². The smallest absolute Gasteiger partial charge is 0.211 e. The van der Waals surface area contributed by atoms with Gasteiger partial charge in [0.2, 0.25) is 10.0 Å². The number of rotatable bonds is 5. The highest BCUT2D eigenvalue weighted by Gasteiger charge is 2.16. The van der Waals surface area contributed by atoms with Crippen molar-refractivity contribution in [1.29, 1.82) is 0 Å². The van der Waals surface area contributed by atoms with Crippen molar-refractivity contribution in [2.45, 2.75) is 25.2 Å². The number of halogens is 1. The minimum Gasteiger partial charge on any atom is -0.211 e. The van der Waals surface area contributed by atoms with Crippen LogP contribution in [0.25, 0.3) is 0 Å². The van der Waals surface area contributed by atoms with Gasteiger partial charge in [0.1, 0.15) is 0 Å². The zero-order chi connectivity index (χ0) is 15.5. The minimum absolute atomic E-state index is 0.320. The molecule has 0 amide bonds. The van der Waals surface area contributed by atoms with Gasteiger partial charge in [-0.2, -0.15) is 0 Å². The summed E-state index contributed by atoms with van der Waals surface area (Å²) in [6.07, 6.45) is 0.675. The van der Waals surface area contributed by atoms with Crippen LogP contribution in [0.4, 0.5) is 0 Å². The molecule has 0 unspecified atom stereocenters. The van der Waals surface area contributed by atoms with Crippen molar-refractivity contribution in [3.63, 3.8) is 0 Å². The summed E-state index contributed by atoms with van der Waals surface area (Å²) in [4.78, 5) is 0.320. The molecular weight excluding hydrogens is 350 g/mol. The lowest BCUT2D eigenvalue weighted by Crippen LogP contribution is -2.26. The molecule has 3 nitrogen and oxygen atoms in total. The Labute approximate surface area is 134 Å². The molecule has 0 spiro atoms. The third kappa shape index (κ3) is 4.40. The molecule has 0 radical (unpaired) electrons. The Morgan fingerprint density at radius 3 is 2.57 bits per heavy atom. The highest BCUT2D eigenvalue weighted by molar-refractivity contribution is 9.10. The molecule has 5 heteroatoms. The lowest BCUT2D eigenvalue weighted by molar-refractivity contribution is 0.581. The van der Waals surface area contributed by atoms with Crippen LogP contribution < -0.4 is 4.72 Å². The van der Waals surface area contributed by atoms with E-state index >= 15 is 0 Å². The van der Waals surface area contributed by atoms with Gasteiger partial charge < -0.3 is 0 Å². The summed E-state index contributed by atoms with van der Waals surface area (Å²) in [6.45, 7) is 4.21. The Bertz CT molecular complexity index is 742. The van der Waals surface area contributed by atoms with Crippen LogP contribution in [-0.4, -0.2) is 15.0 Å². The molecule has 2 aromatic carbocycles. The number of aryl methyl sites for hydroxylation is 2. The van der Waals surface area contributed by atoms with Gasteiger partial charge >= 0.3 is 0 Å². The Morgan fingerprint density at radius 1 is 1.10 bits per heavy atom. The van der Waals surface area contributed by atoms with E-state index in [0.29, 0.717) is 17.9 Å². The first-order chi connectivity index (χ1) is 9.88. The quantitative estimate of drug-likeness (QED) is 0.877. The Hall–Kier alpha value is -1.17. The predicted octanol–water partition coefficient (Wildman–Crippen LogP) is 3.59. The molecule has 0 fully saturated rings. The van der Waals surface area contributed by atoms with Crippen LogP contribution in [0, 0.1) is 13.8 Å². The van der Waals surface area contributed by atoms with E-state index in [0.717, 1.165) is 15.6 Å². The van der Waals surface area contributed by atoms with Gasteiger partial charge in [-0.3, -0.25) is 0 Å². The molecule has 0 heterocycles. The van der Waals surface area contributed by atoms with Crippen molar-refractivity contribution in [3.05, 3.63) is 63.6 Å². The van der Waals surface area contributed by atoms with Crippen LogP contribution in [0.5, 0.6) is 0 Å². The SMILES string of the molecule is Cc1cccc(CCNS(=O)(=O)c2cc(Br)ccc2C)c1. The Balaban J connectivity index is 2.06. The van der Waals surface area contributed by atoms with E-state index < -0.39 is 10.0 Å². The minimum atomic E-state index is -3.47. The average molecular weight is 368 g/mol. The summed E-state index contributed by atoms with van der Waals surface area (Å²) >= 11 is 3.31. The monoisotopic (exact) mass is 367 g/mol. The first kappa shape index (κ1) is 16.2. The van der Waals surface area contributed by atoms with Crippen LogP contribution in [0.2, 0.25) is 0 Å². The third-order valence-corrected chi connectivity index (χ3v) is 5.32. The second kappa shape index (κ2) is 6.73. The van der Waals surface area contributed by atoms with Crippen LogP contribution in [0.3, 0.4) is 0 Å². The molecule has 0 aliphatic carbocycles. The molecule has 0 saturated carbocycles. The van der Waals surface area contributed by atoms with E-state index in [9.17, 15) is 8.42 Å². The van der Waals surface area contributed by atoms with Gasteiger partial charge in [0, 0.05) is 11.0 Å². The van der Waals surface area contributed by atoms with E-state index in [1.807, 2.05) is 31.2 Å². The van der Waals surface area contributed by atoms with Crippen LogP contribution in [0.1, 0.15) is 16.7 Å². The van der Waals surface area contributed by atoms with Crippen LogP contribution in [-0.2, 0) is 16.4 Å². The first-order valence-corrected chi connectivity index (χ1v) is 8.97. The normalized spacial score (nSPS) is 11.6. The lowest BCUT2D eigenvalue weighted by Gasteiger charge is -2.10. The van der Waals surface area contributed by atoms with Gasteiger partial charge in [0.25, 0.3) is 0 Å². The van der Waals surface area contributed by atoms with Gasteiger partial charge in [-0.25, -0.2) is 13.1 Å². The van der Waals surface area contributed by atoms with Crippen molar-refractivity contribution in [3.8, 4) is 0 Å². The van der Waals surface area contributed by atoms with Gasteiger partial charge in [-0.1, -0.05) is 51.8 Å². The fraction of sp³-hybridized carbons (Fsp3) is 0.250. The predicted molar refractivity (Wildman–Crippen MR) is 89.0 cm³/mol. The lowest BCUT2D eigenvalue weighted by atomic mass is 10.1. The molecule has 0 atom stereocenters. The van der Waals surface area contributed by atoms with E-state index in [2.05, 4.69) is 26.7 Å². The molecule has 2 rings (SSSR count). The average Bonchev–Trinajstić information content (AvgIpc) is 2.41. The number of sulfonamides is 1. The Morgan fingerprint density at radius 2 is 1.86 bits per heavy atom. The van der Waals surface area contributed by atoms with E-state index in [1.54, 1.807) is 19.1 Å². The first-order valence-electron chi connectivity index (χ1n) is 6.70. The Kier molecular flexibility index (Phi) is 5.19.